The smallest absolute Gasteiger partial charge is 0.340 e. The van der Waals surface area contributed by atoms with Crippen molar-refractivity contribution in [2.75, 3.05) is 19.6 Å². The van der Waals surface area contributed by atoms with Crippen LogP contribution in [0, 0.1) is 5.92 Å². The Morgan fingerprint density at radius 3 is 2.38 bits per heavy atom. The van der Waals surface area contributed by atoms with E-state index in [0.717, 1.165) is 54.4 Å². The fraction of sp³-hybridized carbons (Fsp3) is 0.394. The number of hydrogen-bond acceptors (Lipinski definition) is 3. The van der Waals surface area contributed by atoms with Crippen LogP contribution in [0.3, 0.4) is 0 Å². The monoisotopic (exact) mass is 596 g/mol. The first-order valence-electron chi connectivity index (χ1n) is 14.5. The highest BCUT2D eigenvalue weighted by Crippen LogP contribution is 2.35. The van der Waals surface area contributed by atoms with Crippen LogP contribution in [0.5, 0.6) is 0 Å². The minimum Gasteiger partial charge on any atom is -0.340 e. The summed E-state index contributed by atoms with van der Waals surface area (Å²) in [5.74, 6) is 0.0637. The lowest BCUT2D eigenvalue weighted by Gasteiger charge is -2.34. The van der Waals surface area contributed by atoms with E-state index in [1.807, 2.05) is 50.2 Å². The minimum atomic E-state index is -4.60. The molecule has 5 rings (SSSR count). The fourth-order valence-corrected chi connectivity index (χ4v) is 5.93. The fourth-order valence-electron chi connectivity index (χ4n) is 5.73. The van der Waals surface area contributed by atoms with E-state index in [4.69, 9.17) is 16.6 Å². The number of piperidine rings is 1. The predicted molar refractivity (Wildman–Crippen MR) is 160 cm³/mol. The highest BCUT2D eigenvalue weighted by atomic mass is 35.5. The molecule has 0 saturated carbocycles. The van der Waals surface area contributed by atoms with Crippen molar-refractivity contribution < 1.29 is 18.0 Å². The molecular weight excluding hydrogens is 561 g/mol. The largest absolute Gasteiger partial charge is 0.416 e. The highest BCUT2D eigenvalue weighted by Gasteiger charge is 2.35. The zero-order valence-electron chi connectivity index (χ0n) is 23.9. The summed E-state index contributed by atoms with van der Waals surface area (Å²) in [5.41, 5.74) is 2.75. The van der Waals surface area contributed by atoms with Crippen LogP contribution in [0.2, 0.25) is 5.02 Å². The van der Waals surface area contributed by atoms with Gasteiger partial charge >= 0.3 is 6.18 Å². The van der Waals surface area contributed by atoms with Gasteiger partial charge in [-0.05, 0) is 73.3 Å². The Labute approximate surface area is 249 Å². The SMILES string of the molecule is CC(C)CN(C(=O)c1cc(C(F)(F)F)ccc1Cl)C(Cc1ccccc1CN1CCCCC1)c1nc2ccccc2[nH]1. The number of rotatable bonds is 9. The second-order valence-electron chi connectivity index (χ2n) is 11.5. The molecule has 0 radical (unpaired) electrons. The van der Waals surface area contributed by atoms with Gasteiger partial charge in [-0.2, -0.15) is 13.2 Å². The normalized spacial score (nSPS) is 15.3. The van der Waals surface area contributed by atoms with Crippen molar-refractivity contribution in [2.45, 2.75) is 58.3 Å². The summed E-state index contributed by atoms with van der Waals surface area (Å²) in [6.45, 7) is 7.17. The van der Waals surface area contributed by atoms with Gasteiger partial charge in [-0.1, -0.05) is 68.3 Å². The first-order chi connectivity index (χ1) is 20.1. The molecule has 222 valence electrons. The molecule has 1 saturated heterocycles. The molecule has 2 heterocycles. The summed E-state index contributed by atoms with van der Waals surface area (Å²) >= 11 is 6.39. The molecule has 1 fully saturated rings. The number of imidazole rings is 1. The summed E-state index contributed by atoms with van der Waals surface area (Å²) < 4.78 is 41.0. The molecule has 1 unspecified atom stereocenters. The van der Waals surface area contributed by atoms with E-state index in [1.54, 1.807) is 4.90 Å². The van der Waals surface area contributed by atoms with Crippen LogP contribution in [0.25, 0.3) is 11.0 Å². The van der Waals surface area contributed by atoms with Gasteiger partial charge in [0.1, 0.15) is 5.82 Å². The van der Waals surface area contributed by atoms with Crippen molar-refractivity contribution in [1.82, 2.24) is 19.8 Å². The van der Waals surface area contributed by atoms with Gasteiger partial charge in [-0.3, -0.25) is 9.69 Å². The first kappa shape index (κ1) is 30.1. The number of aromatic nitrogens is 2. The van der Waals surface area contributed by atoms with E-state index in [9.17, 15) is 18.0 Å². The Morgan fingerprint density at radius 2 is 1.69 bits per heavy atom. The van der Waals surface area contributed by atoms with Crippen molar-refractivity contribution in [3.05, 3.63) is 99.8 Å². The molecule has 1 aliphatic heterocycles. The molecule has 5 nitrogen and oxygen atoms in total. The van der Waals surface area contributed by atoms with E-state index in [2.05, 4.69) is 22.0 Å². The van der Waals surface area contributed by atoms with Gasteiger partial charge in [0.2, 0.25) is 0 Å². The number of fused-ring (bicyclic) bond motifs is 1. The second-order valence-corrected chi connectivity index (χ2v) is 11.9. The number of aromatic amines is 1. The maximum Gasteiger partial charge on any atom is 0.416 e. The van der Waals surface area contributed by atoms with Gasteiger partial charge in [0, 0.05) is 19.5 Å². The first-order valence-corrected chi connectivity index (χ1v) is 14.9. The molecular formula is C33H36ClF3N4O. The lowest BCUT2D eigenvalue weighted by Crippen LogP contribution is -2.39. The van der Waals surface area contributed by atoms with Gasteiger partial charge in [-0.15, -0.1) is 0 Å². The van der Waals surface area contributed by atoms with E-state index < -0.39 is 23.7 Å². The van der Waals surface area contributed by atoms with Crippen LogP contribution in [0.4, 0.5) is 13.2 Å². The quantitative estimate of drug-likeness (QED) is 0.211. The van der Waals surface area contributed by atoms with Crippen molar-refractivity contribution in [3.63, 3.8) is 0 Å². The van der Waals surface area contributed by atoms with E-state index in [0.29, 0.717) is 18.8 Å². The number of nitrogens with one attached hydrogen (secondary N) is 1. The zero-order valence-corrected chi connectivity index (χ0v) is 24.7. The average Bonchev–Trinajstić information content (AvgIpc) is 3.39. The number of H-pyrrole nitrogens is 1. The number of carbonyl (C=O) groups is 1. The molecule has 0 spiro atoms. The molecule has 3 aromatic carbocycles. The second kappa shape index (κ2) is 12.9. The Kier molecular flexibility index (Phi) is 9.23. The zero-order chi connectivity index (χ0) is 29.9. The van der Waals surface area contributed by atoms with Gasteiger partial charge in [-0.25, -0.2) is 4.98 Å². The van der Waals surface area contributed by atoms with Crippen molar-refractivity contribution >= 4 is 28.5 Å². The predicted octanol–water partition coefficient (Wildman–Crippen LogP) is 8.30. The topological polar surface area (TPSA) is 52.2 Å². The molecule has 1 amide bonds. The highest BCUT2D eigenvalue weighted by molar-refractivity contribution is 6.33. The molecule has 1 aliphatic rings. The minimum absolute atomic E-state index is 0.0180. The number of amides is 1. The van der Waals surface area contributed by atoms with E-state index in [1.165, 1.54) is 24.8 Å². The third-order valence-electron chi connectivity index (χ3n) is 7.82. The Bertz CT molecular complexity index is 1490. The third kappa shape index (κ3) is 6.98. The van der Waals surface area contributed by atoms with Crippen LogP contribution in [0.15, 0.2) is 66.7 Å². The molecule has 0 aliphatic carbocycles. The van der Waals surface area contributed by atoms with Gasteiger partial charge in [0.15, 0.2) is 0 Å². The lowest BCUT2D eigenvalue weighted by molar-refractivity contribution is -0.137. The van der Waals surface area contributed by atoms with Gasteiger partial charge in [0.05, 0.1) is 33.2 Å². The summed E-state index contributed by atoms with van der Waals surface area (Å²) in [7, 11) is 0. The number of alkyl halides is 3. The Hall–Kier alpha value is -3.36. The van der Waals surface area contributed by atoms with Crippen LogP contribution < -0.4 is 0 Å². The Balaban J connectivity index is 1.59. The number of likely N-dealkylation sites (tertiary alicyclic amines) is 1. The van der Waals surface area contributed by atoms with Gasteiger partial charge in [0.25, 0.3) is 5.91 Å². The van der Waals surface area contributed by atoms with Crippen molar-refractivity contribution in [1.29, 1.82) is 0 Å². The number of halogens is 4. The summed E-state index contributed by atoms with van der Waals surface area (Å²) in [5, 5.41) is -0.0180. The van der Waals surface area contributed by atoms with Gasteiger partial charge < -0.3 is 9.88 Å². The van der Waals surface area contributed by atoms with Crippen molar-refractivity contribution in [3.8, 4) is 0 Å². The van der Waals surface area contributed by atoms with E-state index >= 15 is 0 Å². The molecule has 1 atom stereocenters. The third-order valence-corrected chi connectivity index (χ3v) is 8.15. The standard InChI is InChI=1S/C33H36ClF3N4O/c1-22(2)20-41(32(42)26-19-25(33(35,36)37)14-15-27(26)34)30(31-38-28-12-6-7-13-29(28)39-31)18-23-10-4-5-11-24(23)21-40-16-8-3-9-17-40/h4-7,10-15,19,22,30H,3,8-9,16-18,20-21H2,1-2H3,(H,38,39). The summed E-state index contributed by atoms with van der Waals surface area (Å²) in [4.78, 5) is 26.6. The lowest BCUT2D eigenvalue weighted by atomic mass is 9.96. The van der Waals surface area contributed by atoms with E-state index in [-0.39, 0.29) is 16.5 Å². The molecule has 0 bridgehead atoms. The summed E-state index contributed by atoms with van der Waals surface area (Å²) in [6.07, 6.45) is -0.556. The summed E-state index contributed by atoms with van der Waals surface area (Å²) in [6, 6.07) is 18.2. The number of nitrogens with zero attached hydrogens (tertiary/aromatic N) is 3. The van der Waals surface area contributed by atoms with Crippen LogP contribution in [-0.4, -0.2) is 45.3 Å². The molecule has 1 aromatic heterocycles. The number of para-hydroxylation sites is 2. The number of hydrogen-bond donors (Lipinski definition) is 1. The maximum absolute atomic E-state index is 14.2. The van der Waals surface area contributed by atoms with Crippen LogP contribution in [0.1, 0.15) is 72.0 Å². The number of benzene rings is 3. The molecule has 42 heavy (non-hydrogen) atoms. The molecule has 9 heteroatoms. The maximum atomic E-state index is 14.2. The molecule has 1 N–H and O–H groups in total. The van der Waals surface area contributed by atoms with Crippen molar-refractivity contribution in [2.24, 2.45) is 5.92 Å². The average molecular weight is 597 g/mol. The van der Waals surface area contributed by atoms with Crippen LogP contribution >= 0.6 is 11.6 Å². The van der Waals surface area contributed by atoms with Crippen LogP contribution in [-0.2, 0) is 19.1 Å². The molecule has 4 aromatic rings. The number of carbonyl (C=O) groups excluding carboxylic acids is 1. The Morgan fingerprint density at radius 1 is 1.00 bits per heavy atom.